The number of anilines is 1. The Labute approximate surface area is 130 Å². The summed E-state index contributed by atoms with van der Waals surface area (Å²) in [7, 11) is 2.03. The van der Waals surface area contributed by atoms with Crippen LogP contribution in [0.4, 0.5) is 5.69 Å². The summed E-state index contributed by atoms with van der Waals surface area (Å²) >= 11 is 3.98. The highest BCUT2D eigenvalue weighted by Gasteiger charge is 2.11. The SMILES string of the molecule is C[NH+](CC(=O)Nc1ccc(I)cc1)Cc1cccs1. The van der Waals surface area contributed by atoms with Gasteiger partial charge in [0.15, 0.2) is 6.54 Å². The zero-order chi connectivity index (χ0) is 13.7. The number of hydrogen-bond donors (Lipinski definition) is 2. The fraction of sp³-hybridized carbons (Fsp3) is 0.214. The number of hydrogen-bond acceptors (Lipinski definition) is 2. The number of halogens is 1. The van der Waals surface area contributed by atoms with Crippen LogP contribution in [0.5, 0.6) is 0 Å². The van der Waals surface area contributed by atoms with E-state index in [0.717, 1.165) is 15.8 Å². The lowest BCUT2D eigenvalue weighted by Gasteiger charge is -2.12. The summed E-state index contributed by atoms with van der Waals surface area (Å²) in [5.74, 6) is 0.0512. The molecule has 0 aliphatic carbocycles. The van der Waals surface area contributed by atoms with Crippen molar-refractivity contribution in [2.75, 3.05) is 18.9 Å². The van der Waals surface area contributed by atoms with Gasteiger partial charge in [0.2, 0.25) is 0 Å². The van der Waals surface area contributed by atoms with Gasteiger partial charge in [0, 0.05) is 9.26 Å². The second-order valence-electron chi connectivity index (χ2n) is 4.45. The first-order valence-corrected chi connectivity index (χ1v) is 7.98. The lowest BCUT2D eigenvalue weighted by molar-refractivity contribution is -0.884. The van der Waals surface area contributed by atoms with E-state index in [0.29, 0.717) is 6.54 Å². The van der Waals surface area contributed by atoms with Crippen LogP contribution in [0.25, 0.3) is 0 Å². The van der Waals surface area contributed by atoms with Crippen LogP contribution in [0, 0.1) is 3.57 Å². The molecule has 1 amide bonds. The number of thiophene rings is 1. The molecule has 19 heavy (non-hydrogen) atoms. The largest absolute Gasteiger partial charge is 0.325 e. The summed E-state index contributed by atoms with van der Waals surface area (Å²) in [5, 5.41) is 4.98. The van der Waals surface area contributed by atoms with Crippen molar-refractivity contribution in [3.63, 3.8) is 0 Å². The van der Waals surface area contributed by atoms with E-state index in [1.165, 1.54) is 9.78 Å². The number of likely N-dealkylation sites (N-methyl/N-ethyl adjacent to an activating group) is 1. The van der Waals surface area contributed by atoms with Crippen LogP contribution in [0.1, 0.15) is 4.88 Å². The van der Waals surface area contributed by atoms with Crippen LogP contribution in [-0.4, -0.2) is 19.5 Å². The van der Waals surface area contributed by atoms with Crippen molar-refractivity contribution < 1.29 is 9.69 Å². The van der Waals surface area contributed by atoms with Crippen molar-refractivity contribution in [1.29, 1.82) is 0 Å². The van der Waals surface area contributed by atoms with E-state index in [4.69, 9.17) is 0 Å². The van der Waals surface area contributed by atoms with Gasteiger partial charge in [0.25, 0.3) is 5.91 Å². The summed E-state index contributed by atoms with van der Waals surface area (Å²) in [6, 6.07) is 12.0. The summed E-state index contributed by atoms with van der Waals surface area (Å²) in [4.78, 5) is 14.4. The average Bonchev–Trinajstić information content (AvgIpc) is 2.84. The number of rotatable bonds is 5. The number of amides is 1. The van der Waals surface area contributed by atoms with Gasteiger partial charge < -0.3 is 10.2 Å². The standard InChI is InChI=1S/C14H15IN2OS/c1-17(9-13-3-2-8-19-13)10-14(18)16-12-6-4-11(15)5-7-12/h2-8H,9-10H2,1H3,(H,16,18)/p+1. The van der Waals surface area contributed by atoms with Crippen molar-refractivity contribution >= 4 is 45.5 Å². The van der Waals surface area contributed by atoms with Gasteiger partial charge in [-0.15, -0.1) is 11.3 Å². The van der Waals surface area contributed by atoms with Gasteiger partial charge in [-0.1, -0.05) is 6.07 Å². The van der Waals surface area contributed by atoms with Crippen molar-refractivity contribution in [3.05, 3.63) is 50.2 Å². The molecule has 5 heteroatoms. The topological polar surface area (TPSA) is 33.5 Å². The Kier molecular flexibility index (Phi) is 5.35. The first-order chi connectivity index (χ1) is 9.13. The first kappa shape index (κ1) is 14.5. The Bertz CT molecular complexity index is 525. The number of benzene rings is 1. The molecule has 2 N–H and O–H groups in total. The summed E-state index contributed by atoms with van der Waals surface area (Å²) < 4.78 is 1.16. The molecule has 1 aromatic heterocycles. The van der Waals surface area contributed by atoms with Gasteiger partial charge >= 0.3 is 0 Å². The Balaban J connectivity index is 1.82. The number of nitrogens with one attached hydrogen (secondary N) is 2. The molecule has 0 bridgehead atoms. The van der Waals surface area contributed by atoms with Crippen LogP contribution >= 0.6 is 33.9 Å². The van der Waals surface area contributed by atoms with Gasteiger partial charge in [-0.3, -0.25) is 4.79 Å². The highest BCUT2D eigenvalue weighted by molar-refractivity contribution is 14.1. The van der Waals surface area contributed by atoms with Crippen LogP contribution in [0.2, 0.25) is 0 Å². The molecule has 1 atom stereocenters. The fourth-order valence-corrected chi connectivity index (χ4v) is 2.96. The minimum Gasteiger partial charge on any atom is -0.325 e. The smallest absolute Gasteiger partial charge is 0.279 e. The van der Waals surface area contributed by atoms with E-state index in [1.54, 1.807) is 11.3 Å². The van der Waals surface area contributed by atoms with Crippen molar-refractivity contribution in [3.8, 4) is 0 Å². The highest BCUT2D eigenvalue weighted by atomic mass is 127. The average molecular weight is 387 g/mol. The highest BCUT2D eigenvalue weighted by Crippen LogP contribution is 2.10. The molecule has 0 saturated carbocycles. The van der Waals surface area contributed by atoms with E-state index in [2.05, 4.69) is 39.4 Å². The van der Waals surface area contributed by atoms with E-state index in [9.17, 15) is 4.79 Å². The van der Waals surface area contributed by atoms with Crippen LogP contribution in [-0.2, 0) is 11.3 Å². The Morgan fingerprint density at radius 3 is 2.68 bits per heavy atom. The molecule has 2 rings (SSSR count). The minimum atomic E-state index is 0.0512. The Morgan fingerprint density at radius 2 is 2.05 bits per heavy atom. The molecule has 0 fully saturated rings. The predicted octanol–water partition coefficient (Wildman–Crippen LogP) is 2.01. The molecule has 1 aromatic carbocycles. The fourth-order valence-electron chi connectivity index (χ4n) is 1.79. The summed E-state index contributed by atoms with van der Waals surface area (Å²) in [5.41, 5.74) is 0.856. The van der Waals surface area contributed by atoms with Crippen molar-refractivity contribution in [1.82, 2.24) is 0 Å². The number of quaternary nitrogens is 1. The van der Waals surface area contributed by atoms with Gasteiger partial charge in [-0.2, -0.15) is 0 Å². The molecular weight excluding hydrogens is 371 g/mol. The summed E-state index contributed by atoms with van der Waals surface area (Å²) in [6.45, 7) is 1.36. The third kappa shape index (κ3) is 4.93. The van der Waals surface area contributed by atoms with Crippen molar-refractivity contribution in [2.45, 2.75) is 6.54 Å². The predicted molar refractivity (Wildman–Crippen MR) is 87.6 cm³/mol. The Hall–Kier alpha value is -0.920. The summed E-state index contributed by atoms with van der Waals surface area (Å²) in [6.07, 6.45) is 0. The monoisotopic (exact) mass is 387 g/mol. The first-order valence-electron chi connectivity index (χ1n) is 6.02. The van der Waals surface area contributed by atoms with Gasteiger partial charge in [0.05, 0.1) is 11.9 Å². The van der Waals surface area contributed by atoms with E-state index in [-0.39, 0.29) is 5.91 Å². The molecule has 100 valence electrons. The normalized spacial score (nSPS) is 12.1. The molecule has 0 radical (unpaired) electrons. The third-order valence-corrected chi connectivity index (χ3v) is 4.24. The zero-order valence-electron chi connectivity index (χ0n) is 10.7. The van der Waals surface area contributed by atoms with Crippen LogP contribution in [0.3, 0.4) is 0 Å². The lowest BCUT2D eigenvalue weighted by Crippen LogP contribution is -3.08. The maximum atomic E-state index is 11.9. The molecule has 0 aliphatic rings. The molecular formula is C14H16IN2OS+. The van der Waals surface area contributed by atoms with Crippen LogP contribution in [0.15, 0.2) is 41.8 Å². The van der Waals surface area contributed by atoms with Gasteiger partial charge in [0.1, 0.15) is 6.54 Å². The van der Waals surface area contributed by atoms with Gasteiger partial charge in [-0.25, -0.2) is 0 Å². The quantitative estimate of drug-likeness (QED) is 0.757. The van der Waals surface area contributed by atoms with Crippen molar-refractivity contribution in [2.24, 2.45) is 0 Å². The second-order valence-corrected chi connectivity index (χ2v) is 6.72. The second kappa shape index (κ2) is 7.02. The van der Waals surface area contributed by atoms with E-state index >= 15 is 0 Å². The lowest BCUT2D eigenvalue weighted by atomic mass is 10.3. The maximum Gasteiger partial charge on any atom is 0.279 e. The third-order valence-electron chi connectivity index (χ3n) is 2.65. The minimum absolute atomic E-state index is 0.0512. The molecule has 3 nitrogen and oxygen atoms in total. The Morgan fingerprint density at radius 1 is 1.32 bits per heavy atom. The zero-order valence-corrected chi connectivity index (χ0v) is 13.6. The van der Waals surface area contributed by atoms with Crippen LogP contribution < -0.4 is 10.2 Å². The maximum absolute atomic E-state index is 11.9. The molecule has 0 saturated heterocycles. The number of carbonyl (C=O) groups excluding carboxylic acids is 1. The molecule has 1 heterocycles. The van der Waals surface area contributed by atoms with E-state index in [1.807, 2.05) is 37.4 Å². The van der Waals surface area contributed by atoms with E-state index < -0.39 is 0 Å². The molecule has 0 aliphatic heterocycles. The molecule has 1 unspecified atom stereocenters. The number of carbonyl (C=O) groups is 1. The molecule has 2 aromatic rings. The molecule has 0 spiro atoms. The van der Waals surface area contributed by atoms with Gasteiger partial charge in [-0.05, 0) is 58.3 Å².